The van der Waals surface area contributed by atoms with Gasteiger partial charge in [-0.3, -0.25) is 0 Å². The molecule has 2 aliphatic carbocycles. The number of anilines is 1. The highest BCUT2D eigenvalue weighted by atomic mass is 19.1. The number of nitrogens with two attached hydrogens (primary N) is 1. The fraction of sp³-hybridized carbons (Fsp3) is 0.350. The first kappa shape index (κ1) is 17.9. The van der Waals surface area contributed by atoms with Crippen molar-refractivity contribution in [2.24, 2.45) is 5.73 Å². The van der Waals surface area contributed by atoms with Crippen molar-refractivity contribution in [3.8, 4) is 5.75 Å². The highest BCUT2D eigenvalue weighted by Gasteiger charge is 2.47. The number of fused-ring (bicyclic) bond motifs is 1. The van der Waals surface area contributed by atoms with Gasteiger partial charge in [-0.25, -0.2) is 18.7 Å². The number of carbonyl (C=O) groups is 1. The molecule has 2 fully saturated rings. The van der Waals surface area contributed by atoms with Crippen LogP contribution in [0.1, 0.15) is 41.6 Å². The van der Waals surface area contributed by atoms with Gasteiger partial charge in [-0.05, 0) is 49.9 Å². The summed E-state index contributed by atoms with van der Waals surface area (Å²) in [6.45, 7) is 0.393. The van der Waals surface area contributed by atoms with Crippen LogP contribution < -0.4 is 15.8 Å². The number of benzene rings is 1. The molecule has 2 aromatic heterocycles. The Bertz CT molecular complexity index is 1120. The Balaban J connectivity index is 1.46. The number of aromatic nitrogens is 3. The zero-order valence-corrected chi connectivity index (χ0v) is 15.6. The molecule has 3 aromatic rings. The van der Waals surface area contributed by atoms with Crippen LogP contribution in [0.15, 0.2) is 36.7 Å². The molecular formula is C20H20FN5O3. The van der Waals surface area contributed by atoms with Crippen molar-refractivity contribution in [3.63, 3.8) is 0 Å². The topological polar surface area (TPSA) is 115 Å². The molecule has 0 aliphatic heterocycles. The lowest BCUT2D eigenvalue weighted by atomic mass is 10.0. The molecule has 4 N–H and O–H groups in total. The average Bonchev–Trinajstić information content (AvgIpc) is 3.59. The number of carboxylic acid groups (broad SMARTS) is 1. The lowest BCUT2D eigenvalue weighted by molar-refractivity contribution is 0.0698. The van der Waals surface area contributed by atoms with Crippen molar-refractivity contribution in [3.05, 3.63) is 53.6 Å². The molecule has 150 valence electrons. The van der Waals surface area contributed by atoms with Gasteiger partial charge in [0.05, 0.1) is 17.3 Å². The van der Waals surface area contributed by atoms with E-state index in [0.717, 1.165) is 31.2 Å². The van der Waals surface area contributed by atoms with Crippen molar-refractivity contribution in [2.75, 3.05) is 11.9 Å². The summed E-state index contributed by atoms with van der Waals surface area (Å²) in [6.07, 6.45) is 6.31. The highest BCUT2D eigenvalue weighted by Crippen LogP contribution is 2.51. The number of ether oxygens (including phenoxy) is 1. The van der Waals surface area contributed by atoms with Crippen LogP contribution in [0, 0.1) is 5.82 Å². The van der Waals surface area contributed by atoms with Gasteiger partial charge >= 0.3 is 5.97 Å². The zero-order chi connectivity index (χ0) is 20.2. The van der Waals surface area contributed by atoms with Crippen molar-refractivity contribution >= 4 is 17.4 Å². The first-order valence-electron chi connectivity index (χ1n) is 9.45. The van der Waals surface area contributed by atoms with Gasteiger partial charge in [0.1, 0.15) is 29.6 Å². The van der Waals surface area contributed by atoms with Crippen molar-refractivity contribution in [1.29, 1.82) is 0 Å². The quantitative estimate of drug-likeness (QED) is 0.561. The highest BCUT2D eigenvalue weighted by molar-refractivity contribution is 5.94. The molecule has 0 saturated heterocycles. The van der Waals surface area contributed by atoms with Crippen molar-refractivity contribution < 1.29 is 19.0 Å². The standard InChI is InChI=1S/C20H20FN5O3/c21-12-1-2-15(29-11-19(22)4-5-19)14(9-12)20(6-7-20)25-16-3-8-26-17(24-16)13(10-23-26)18(27)28/h1-3,8-10H,4-7,11,22H2,(H,24,25)(H,27,28). The van der Waals surface area contributed by atoms with Gasteiger partial charge in [0.15, 0.2) is 5.65 Å². The van der Waals surface area contributed by atoms with Crippen LogP contribution in [0.4, 0.5) is 10.2 Å². The number of halogens is 1. The number of hydrogen-bond donors (Lipinski definition) is 3. The summed E-state index contributed by atoms with van der Waals surface area (Å²) in [4.78, 5) is 15.8. The summed E-state index contributed by atoms with van der Waals surface area (Å²) in [5.41, 5.74) is 6.31. The molecule has 29 heavy (non-hydrogen) atoms. The summed E-state index contributed by atoms with van der Waals surface area (Å²) in [7, 11) is 0. The summed E-state index contributed by atoms with van der Waals surface area (Å²) in [5, 5.41) is 16.6. The van der Waals surface area contributed by atoms with E-state index < -0.39 is 11.5 Å². The second kappa shape index (κ2) is 6.15. The summed E-state index contributed by atoms with van der Waals surface area (Å²) in [5.74, 6) is -0.348. The second-order valence-electron chi connectivity index (χ2n) is 7.94. The largest absolute Gasteiger partial charge is 0.491 e. The number of aromatic carboxylic acids is 1. The van der Waals surface area contributed by atoms with E-state index in [9.17, 15) is 14.3 Å². The number of nitrogens with one attached hydrogen (secondary N) is 1. The molecule has 0 amide bonds. The van der Waals surface area contributed by atoms with E-state index in [0.29, 0.717) is 18.2 Å². The van der Waals surface area contributed by atoms with Gasteiger partial charge in [0, 0.05) is 11.8 Å². The Labute approximate surface area is 165 Å². The number of carboxylic acids is 1. The van der Waals surface area contributed by atoms with Crippen LogP contribution >= 0.6 is 0 Å². The molecule has 0 spiro atoms. The molecule has 2 heterocycles. The molecular weight excluding hydrogens is 377 g/mol. The van der Waals surface area contributed by atoms with Gasteiger partial charge in [-0.15, -0.1) is 0 Å². The SMILES string of the molecule is NC1(COc2ccc(F)cc2C2(Nc3ccn4ncc(C(=O)O)c4n3)CC2)CC1. The maximum absolute atomic E-state index is 14.0. The van der Waals surface area contributed by atoms with E-state index >= 15 is 0 Å². The fourth-order valence-corrected chi connectivity index (χ4v) is 3.45. The van der Waals surface area contributed by atoms with Crippen LogP contribution in [-0.2, 0) is 5.54 Å². The fourth-order valence-electron chi connectivity index (χ4n) is 3.45. The number of nitrogens with zero attached hydrogens (tertiary/aromatic N) is 3. The summed E-state index contributed by atoms with van der Waals surface area (Å²) in [6, 6.07) is 6.20. The summed E-state index contributed by atoms with van der Waals surface area (Å²) >= 11 is 0. The minimum absolute atomic E-state index is 0.0194. The molecule has 8 nitrogen and oxygen atoms in total. The summed E-state index contributed by atoms with van der Waals surface area (Å²) < 4.78 is 21.4. The predicted octanol–water partition coefficient (Wildman–Crippen LogP) is 2.54. The molecule has 0 atom stereocenters. The van der Waals surface area contributed by atoms with E-state index in [-0.39, 0.29) is 22.6 Å². The number of rotatable bonds is 7. The molecule has 0 bridgehead atoms. The minimum Gasteiger partial charge on any atom is -0.491 e. The predicted molar refractivity (Wildman–Crippen MR) is 103 cm³/mol. The Morgan fingerprint density at radius 1 is 1.31 bits per heavy atom. The average molecular weight is 397 g/mol. The zero-order valence-electron chi connectivity index (χ0n) is 15.6. The molecule has 9 heteroatoms. The third kappa shape index (κ3) is 3.27. The van der Waals surface area contributed by atoms with E-state index in [1.54, 1.807) is 18.3 Å². The van der Waals surface area contributed by atoms with Crippen LogP contribution in [0.3, 0.4) is 0 Å². The molecule has 1 aromatic carbocycles. The van der Waals surface area contributed by atoms with Crippen LogP contribution in [0.5, 0.6) is 5.75 Å². The smallest absolute Gasteiger partial charge is 0.341 e. The van der Waals surface area contributed by atoms with Gasteiger partial charge in [-0.1, -0.05) is 0 Å². The van der Waals surface area contributed by atoms with Crippen LogP contribution in [0.25, 0.3) is 5.65 Å². The van der Waals surface area contributed by atoms with E-state index in [2.05, 4.69) is 15.4 Å². The normalized spacial score (nSPS) is 18.4. The molecule has 2 saturated carbocycles. The first-order chi connectivity index (χ1) is 13.9. The molecule has 5 rings (SSSR count). The van der Waals surface area contributed by atoms with Crippen LogP contribution in [0.2, 0.25) is 0 Å². The van der Waals surface area contributed by atoms with E-state index in [1.165, 1.54) is 22.8 Å². The third-order valence-electron chi connectivity index (χ3n) is 5.58. The third-order valence-corrected chi connectivity index (χ3v) is 5.58. The van der Waals surface area contributed by atoms with Crippen molar-refractivity contribution in [2.45, 2.75) is 36.8 Å². The molecule has 0 radical (unpaired) electrons. The Morgan fingerprint density at radius 2 is 2.10 bits per heavy atom. The lowest BCUT2D eigenvalue weighted by Crippen LogP contribution is -2.30. The minimum atomic E-state index is -1.10. The first-order valence-corrected chi connectivity index (χ1v) is 9.45. The maximum Gasteiger partial charge on any atom is 0.341 e. The van der Waals surface area contributed by atoms with E-state index in [1.807, 2.05) is 0 Å². The Kier molecular flexibility index (Phi) is 3.79. The molecule has 0 unspecified atom stereocenters. The Morgan fingerprint density at radius 3 is 2.79 bits per heavy atom. The van der Waals surface area contributed by atoms with Gasteiger partial charge in [0.2, 0.25) is 0 Å². The Hall–Kier alpha value is -3.20. The van der Waals surface area contributed by atoms with E-state index in [4.69, 9.17) is 10.5 Å². The monoisotopic (exact) mass is 397 g/mol. The maximum atomic E-state index is 14.0. The van der Waals surface area contributed by atoms with Crippen LogP contribution in [-0.4, -0.2) is 37.8 Å². The lowest BCUT2D eigenvalue weighted by Gasteiger charge is -2.23. The van der Waals surface area contributed by atoms with Crippen molar-refractivity contribution in [1.82, 2.24) is 14.6 Å². The molecule has 2 aliphatic rings. The second-order valence-corrected chi connectivity index (χ2v) is 7.94. The van der Waals surface area contributed by atoms with Gasteiger partial charge in [-0.2, -0.15) is 5.10 Å². The van der Waals surface area contributed by atoms with Gasteiger partial charge < -0.3 is 20.9 Å². The van der Waals surface area contributed by atoms with Gasteiger partial charge in [0.25, 0.3) is 0 Å². The number of hydrogen-bond acceptors (Lipinski definition) is 6.